The second-order valence-corrected chi connectivity index (χ2v) is 9.07. The van der Waals surface area contributed by atoms with E-state index in [9.17, 15) is 16.8 Å². The van der Waals surface area contributed by atoms with Gasteiger partial charge in [-0.3, -0.25) is 0 Å². The molecule has 1 heterocycles. The van der Waals surface area contributed by atoms with Crippen LogP contribution >= 0.6 is 0 Å². The molecular formula is C13H20N2O4S2. The van der Waals surface area contributed by atoms with E-state index >= 15 is 0 Å². The lowest BCUT2D eigenvalue weighted by Gasteiger charge is -2.21. The van der Waals surface area contributed by atoms with E-state index in [2.05, 4.69) is 0 Å². The Morgan fingerprint density at radius 3 is 2.10 bits per heavy atom. The van der Waals surface area contributed by atoms with E-state index < -0.39 is 20.0 Å². The van der Waals surface area contributed by atoms with Gasteiger partial charge in [0.15, 0.2) is 0 Å². The molecule has 0 unspecified atom stereocenters. The highest BCUT2D eigenvalue weighted by Gasteiger charge is 2.29. The zero-order chi connectivity index (χ0) is 15.7. The molecule has 1 saturated heterocycles. The van der Waals surface area contributed by atoms with Crippen LogP contribution in [-0.4, -0.2) is 57.9 Å². The highest BCUT2D eigenvalue weighted by atomic mass is 32.2. The first-order valence-electron chi connectivity index (χ1n) is 6.74. The summed E-state index contributed by atoms with van der Waals surface area (Å²) in [4.78, 5) is 0.290. The summed E-state index contributed by atoms with van der Waals surface area (Å²) in [5, 5.41) is 0. The van der Waals surface area contributed by atoms with E-state index in [1.165, 1.54) is 8.61 Å². The molecule has 6 nitrogen and oxygen atoms in total. The summed E-state index contributed by atoms with van der Waals surface area (Å²) < 4.78 is 51.2. The molecule has 21 heavy (non-hydrogen) atoms. The smallest absolute Gasteiger partial charge is 0.213 e. The van der Waals surface area contributed by atoms with E-state index in [-0.39, 0.29) is 18.0 Å². The Morgan fingerprint density at radius 1 is 0.905 bits per heavy atom. The third-order valence-electron chi connectivity index (χ3n) is 3.59. The number of hydrogen-bond acceptors (Lipinski definition) is 4. The summed E-state index contributed by atoms with van der Waals surface area (Å²) in [6.45, 7) is 2.84. The zero-order valence-corrected chi connectivity index (χ0v) is 13.8. The summed E-state index contributed by atoms with van der Waals surface area (Å²) in [7, 11) is -6.85. The molecular weight excluding hydrogens is 312 g/mol. The van der Waals surface area contributed by atoms with E-state index in [1.807, 2.05) is 0 Å². The lowest BCUT2D eigenvalue weighted by Crippen LogP contribution is -2.37. The standard InChI is InChI=1S/C13H20N2O4S2/c1-12-6-3-4-7-13(12)21(18,19)15-9-5-8-14(10-11-15)20(2,16)17/h3-4,6-7H,5,8-11H2,1-2H3. The van der Waals surface area contributed by atoms with Crippen molar-refractivity contribution >= 4 is 20.0 Å². The van der Waals surface area contributed by atoms with Gasteiger partial charge in [0.05, 0.1) is 11.2 Å². The van der Waals surface area contributed by atoms with Gasteiger partial charge < -0.3 is 0 Å². The van der Waals surface area contributed by atoms with Crippen molar-refractivity contribution in [1.29, 1.82) is 0 Å². The van der Waals surface area contributed by atoms with Crippen molar-refractivity contribution in [2.24, 2.45) is 0 Å². The Labute approximate surface area is 126 Å². The van der Waals surface area contributed by atoms with Gasteiger partial charge in [-0.1, -0.05) is 18.2 Å². The summed E-state index contributed by atoms with van der Waals surface area (Å²) in [5.41, 5.74) is 0.696. The fraction of sp³-hybridized carbons (Fsp3) is 0.538. The number of sulfonamides is 2. The second kappa shape index (κ2) is 6.04. The second-order valence-electron chi connectivity index (χ2n) is 5.19. The first kappa shape index (κ1) is 16.4. The number of rotatable bonds is 3. The van der Waals surface area contributed by atoms with Gasteiger partial charge in [-0.05, 0) is 25.0 Å². The number of benzene rings is 1. The lowest BCUT2D eigenvalue weighted by atomic mass is 10.2. The van der Waals surface area contributed by atoms with Crippen molar-refractivity contribution < 1.29 is 16.8 Å². The fourth-order valence-electron chi connectivity index (χ4n) is 2.43. The summed E-state index contributed by atoms with van der Waals surface area (Å²) in [6, 6.07) is 6.83. The van der Waals surface area contributed by atoms with Crippen LogP contribution in [0.25, 0.3) is 0 Å². The van der Waals surface area contributed by atoms with Crippen LogP contribution in [0.5, 0.6) is 0 Å². The maximum absolute atomic E-state index is 12.7. The molecule has 0 radical (unpaired) electrons. The molecule has 1 aliphatic heterocycles. The third kappa shape index (κ3) is 3.63. The van der Waals surface area contributed by atoms with Crippen molar-refractivity contribution in [2.75, 3.05) is 32.4 Å². The van der Waals surface area contributed by atoms with Crippen LogP contribution in [0, 0.1) is 6.92 Å². The maximum atomic E-state index is 12.7. The molecule has 2 rings (SSSR count). The van der Waals surface area contributed by atoms with Crippen LogP contribution in [-0.2, 0) is 20.0 Å². The molecule has 0 N–H and O–H groups in total. The minimum atomic E-state index is -3.57. The van der Waals surface area contributed by atoms with Crippen molar-refractivity contribution in [2.45, 2.75) is 18.2 Å². The molecule has 1 aromatic rings. The lowest BCUT2D eigenvalue weighted by molar-refractivity contribution is 0.406. The molecule has 0 spiro atoms. The van der Waals surface area contributed by atoms with Gasteiger partial charge in [-0.15, -0.1) is 0 Å². The van der Waals surface area contributed by atoms with Crippen LogP contribution < -0.4 is 0 Å². The van der Waals surface area contributed by atoms with Gasteiger partial charge >= 0.3 is 0 Å². The minimum absolute atomic E-state index is 0.184. The number of nitrogens with zero attached hydrogens (tertiary/aromatic N) is 2. The van der Waals surface area contributed by atoms with Crippen LogP contribution in [0.15, 0.2) is 29.2 Å². The predicted molar refractivity (Wildman–Crippen MR) is 81.0 cm³/mol. The minimum Gasteiger partial charge on any atom is -0.213 e. The van der Waals surface area contributed by atoms with Gasteiger partial charge in [0, 0.05) is 26.2 Å². The quantitative estimate of drug-likeness (QED) is 0.814. The third-order valence-corrected chi connectivity index (χ3v) is 6.96. The molecule has 0 amide bonds. The van der Waals surface area contributed by atoms with Crippen molar-refractivity contribution in [3.63, 3.8) is 0 Å². The Bertz CT molecular complexity index is 713. The molecule has 0 atom stereocenters. The Hall–Kier alpha value is -0.960. The van der Waals surface area contributed by atoms with E-state index in [4.69, 9.17) is 0 Å². The van der Waals surface area contributed by atoms with Crippen molar-refractivity contribution in [1.82, 2.24) is 8.61 Å². The molecule has 0 bridgehead atoms. The van der Waals surface area contributed by atoms with E-state index in [0.717, 1.165) is 6.26 Å². The molecule has 0 aliphatic carbocycles. The summed E-state index contributed by atoms with van der Waals surface area (Å²) in [6.07, 6.45) is 1.65. The zero-order valence-electron chi connectivity index (χ0n) is 12.2. The van der Waals surface area contributed by atoms with Gasteiger partial charge in [0.25, 0.3) is 0 Å². The Morgan fingerprint density at radius 2 is 1.48 bits per heavy atom. The van der Waals surface area contributed by atoms with Crippen molar-refractivity contribution in [3.8, 4) is 0 Å². The van der Waals surface area contributed by atoms with Crippen molar-refractivity contribution in [3.05, 3.63) is 29.8 Å². The summed E-state index contributed by atoms with van der Waals surface area (Å²) >= 11 is 0. The number of hydrogen-bond donors (Lipinski definition) is 0. The molecule has 1 aliphatic rings. The first-order chi connectivity index (χ1) is 9.73. The van der Waals surface area contributed by atoms with Crippen LogP contribution in [0.2, 0.25) is 0 Å². The normalized spacial score (nSPS) is 19.3. The van der Waals surface area contributed by atoms with Gasteiger partial charge in [0.1, 0.15) is 0 Å². The highest BCUT2D eigenvalue weighted by Crippen LogP contribution is 2.21. The summed E-state index contributed by atoms with van der Waals surface area (Å²) in [5.74, 6) is 0. The molecule has 0 saturated carbocycles. The first-order valence-corrected chi connectivity index (χ1v) is 10.0. The molecule has 118 valence electrons. The van der Waals surface area contributed by atoms with E-state index in [0.29, 0.717) is 25.1 Å². The Kier molecular flexibility index (Phi) is 4.72. The topological polar surface area (TPSA) is 74.8 Å². The molecule has 1 fully saturated rings. The highest BCUT2D eigenvalue weighted by molar-refractivity contribution is 7.89. The van der Waals surface area contributed by atoms with Gasteiger partial charge in [0.2, 0.25) is 20.0 Å². The number of aryl methyl sites for hydroxylation is 1. The van der Waals surface area contributed by atoms with Crippen LogP contribution in [0.1, 0.15) is 12.0 Å². The Balaban J connectivity index is 2.25. The molecule has 1 aromatic carbocycles. The average Bonchev–Trinajstić information content (AvgIpc) is 2.64. The molecule has 8 heteroatoms. The van der Waals surface area contributed by atoms with Gasteiger partial charge in [-0.25, -0.2) is 21.1 Å². The van der Waals surface area contributed by atoms with Crippen LogP contribution in [0.4, 0.5) is 0 Å². The monoisotopic (exact) mass is 332 g/mol. The maximum Gasteiger partial charge on any atom is 0.243 e. The van der Waals surface area contributed by atoms with Crippen LogP contribution in [0.3, 0.4) is 0 Å². The SMILES string of the molecule is Cc1ccccc1S(=O)(=O)N1CCCN(S(C)(=O)=O)CC1. The predicted octanol–water partition coefficient (Wildman–Crippen LogP) is 0.651. The van der Waals surface area contributed by atoms with Gasteiger partial charge in [-0.2, -0.15) is 4.31 Å². The largest absolute Gasteiger partial charge is 0.243 e. The average molecular weight is 332 g/mol. The van der Waals surface area contributed by atoms with E-state index in [1.54, 1.807) is 31.2 Å². The fourth-order valence-corrected chi connectivity index (χ4v) is 5.00. The molecule has 0 aromatic heterocycles.